The number of benzene rings is 1. The zero-order valence-electron chi connectivity index (χ0n) is 17.7. The maximum Gasteiger partial charge on any atom is 0.433 e. The highest BCUT2D eigenvalue weighted by atomic mass is 35.5. The maximum absolute atomic E-state index is 14.3. The highest BCUT2D eigenvalue weighted by Gasteiger charge is 2.41. The summed E-state index contributed by atoms with van der Waals surface area (Å²) in [4.78, 5) is 19.4. The number of likely N-dealkylation sites (tertiary alicyclic amines) is 1. The molecule has 0 radical (unpaired) electrons. The summed E-state index contributed by atoms with van der Waals surface area (Å²) < 4.78 is 43.5. The van der Waals surface area contributed by atoms with Crippen molar-refractivity contribution in [3.8, 4) is 11.3 Å². The van der Waals surface area contributed by atoms with Gasteiger partial charge >= 0.3 is 6.18 Å². The molecule has 2 atom stereocenters. The molecule has 3 heterocycles. The summed E-state index contributed by atoms with van der Waals surface area (Å²) in [5, 5.41) is 3.94. The van der Waals surface area contributed by atoms with E-state index in [9.17, 15) is 18.0 Å². The van der Waals surface area contributed by atoms with Crippen molar-refractivity contribution < 1.29 is 18.0 Å². The standard InChI is InChI=1S/C23H22ClF3N4O/c1-12-9-10-30(13(2)11-12)22(32)19-17(24)21-28-18-15-6-4-3-5-14(15)7-8-16(18)20(23(25,26)27)31(21)29-19/h3-6,12-13H,7-11H2,1-2H3/t12-,13+/m1/s1. The van der Waals surface area contributed by atoms with Crippen molar-refractivity contribution in [3.05, 3.63) is 51.8 Å². The van der Waals surface area contributed by atoms with E-state index in [1.807, 2.05) is 19.1 Å². The van der Waals surface area contributed by atoms with Crippen LogP contribution in [0.3, 0.4) is 0 Å². The van der Waals surface area contributed by atoms with Gasteiger partial charge in [0, 0.05) is 23.7 Å². The average Bonchev–Trinajstić information content (AvgIpc) is 3.06. The van der Waals surface area contributed by atoms with Gasteiger partial charge in [0.2, 0.25) is 0 Å². The van der Waals surface area contributed by atoms with Gasteiger partial charge < -0.3 is 4.90 Å². The zero-order chi connectivity index (χ0) is 22.8. The van der Waals surface area contributed by atoms with Crippen molar-refractivity contribution in [2.45, 2.75) is 51.7 Å². The van der Waals surface area contributed by atoms with Crippen LogP contribution in [-0.4, -0.2) is 38.0 Å². The number of fused-ring (bicyclic) bond motifs is 4. The molecule has 32 heavy (non-hydrogen) atoms. The number of aryl methyl sites for hydroxylation is 1. The van der Waals surface area contributed by atoms with E-state index >= 15 is 0 Å². The summed E-state index contributed by atoms with van der Waals surface area (Å²) in [6.07, 6.45) is -2.36. The van der Waals surface area contributed by atoms with Gasteiger partial charge in [0.15, 0.2) is 17.0 Å². The molecule has 3 aromatic rings. The lowest BCUT2D eigenvalue weighted by Gasteiger charge is -2.36. The first-order valence-electron chi connectivity index (χ1n) is 10.7. The molecule has 9 heteroatoms. The quantitative estimate of drug-likeness (QED) is 0.484. The fourth-order valence-corrected chi connectivity index (χ4v) is 5.26. The van der Waals surface area contributed by atoms with E-state index in [0.717, 1.165) is 22.9 Å². The number of amides is 1. The number of hydrogen-bond acceptors (Lipinski definition) is 3. The van der Waals surface area contributed by atoms with E-state index in [-0.39, 0.29) is 40.1 Å². The molecule has 5 rings (SSSR count). The summed E-state index contributed by atoms with van der Waals surface area (Å²) in [7, 11) is 0. The molecular weight excluding hydrogens is 441 g/mol. The Morgan fingerprint density at radius 1 is 1.19 bits per heavy atom. The van der Waals surface area contributed by atoms with E-state index in [1.165, 1.54) is 0 Å². The number of halogens is 4. The predicted molar refractivity (Wildman–Crippen MR) is 115 cm³/mol. The first-order valence-corrected chi connectivity index (χ1v) is 11.1. The Morgan fingerprint density at radius 3 is 2.66 bits per heavy atom. The molecule has 0 unspecified atom stereocenters. The molecule has 168 valence electrons. The molecule has 2 aliphatic rings. The molecule has 1 fully saturated rings. The Balaban J connectivity index is 1.72. The Morgan fingerprint density at radius 2 is 1.94 bits per heavy atom. The molecule has 1 aromatic carbocycles. The summed E-state index contributed by atoms with van der Waals surface area (Å²) >= 11 is 6.48. The van der Waals surface area contributed by atoms with E-state index in [4.69, 9.17) is 11.6 Å². The first kappa shape index (κ1) is 21.2. The monoisotopic (exact) mass is 462 g/mol. The summed E-state index contributed by atoms with van der Waals surface area (Å²) in [5.74, 6) is 0.0299. The number of hydrogen-bond donors (Lipinski definition) is 0. The Labute approximate surface area is 188 Å². The van der Waals surface area contributed by atoms with Crippen LogP contribution < -0.4 is 0 Å². The molecule has 0 saturated carbocycles. The van der Waals surface area contributed by atoms with Crippen LogP contribution in [0, 0.1) is 5.92 Å². The fourth-order valence-electron chi connectivity index (χ4n) is 5.02. The second-order valence-corrected chi connectivity index (χ2v) is 9.20. The number of piperidine rings is 1. The predicted octanol–water partition coefficient (Wildman–Crippen LogP) is 5.43. The van der Waals surface area contributed by atoms with Gasteiger partial charge in [0.05, 0.1) is 5.69 Å². The highest BCUT2D eigenvalue weighted by molar-refractivity contribution is 6.36. The lowest BCUT2D eigenvalue weighted by atomic mass is 9.88. The average molecular weight is 463 g/mol. The zero-order valence-corrected chi connectivity index (χ0v) is 18.5. The van der Waals surface area contributed by atoms with Gasteiger partial charge in [-0.05, 0) is 44.1 Å². The number of nitrogens with zero attached hydrogens (tertiary/aromatic N) is 4. The number of aromatic nitrogens is 3. The lowest BCUT2D eigenvalue weighted by molar-refractivity contribution is -0.143. The molecule has 0 spiro atoms. The Kier molecular flexibility index (Phi) is 4.96. The minimum absolute atomic E-state index is 0.0396. The molecule has 1 saturated heterocycles. The van der Waals surface area contributed by atoms with Gasteiger partial charge in [-0.25, -0.2) is 9.50 Å². The van der Waals surface area contributed by atoms with Crippen molar-refractivity contribution in [2.75, 3.05) is 6.54 Å². The van der Waals surface area contributed by atoms with Crippen molar-refractivity contribution >= 4 is 23.2 Å². The van der Waals surface area contributed by atoms with E-state index in [0.29, 0.717) is 24.4 Å². The van der Waals surface area contributed by atoms with E-state index in [1.54, 1.807) is 17.0 Å². The number of alkyl halides is 3. The van der Waals surface area contributed by atoms with Crippen molar-refractivity contribution in [3.63, 3.8) is 0 Å². The van der Waals surface area contributed by atoms with Gasteiger partial charge in [0.1, 0.15) is 5.02 Å². The van der Waals surface area contributed by atoms with Crippen LogP contribution in [0.15, 0.2) is 24.3 Å². The van der Waals surface area contributed by atoms with Gasteiger partial charge in [-0.1, -0.05) is 42.8 Å². The minimum atomic E-state index is -4.68. The van der Waals surface area contributed by atoms with E-state index in [2.05, 4.69) is 17.0 Å². The summed E-state index contributed by atoms with van der Waals surface area (Å²) in [5.41, 5.74) is 0.708. The number of carbonyl (C=O) groups is 1. The van der Waals surface area contributed by atoms with Crippen LogP contribution in [0.2, 0.25) is 5.02 Å². The smallest absolute Gasteiger partial charge is 0.334 e. The summed E-state index contributed by atoms with van der Waals surface area (Å²) in [6, 6.07) is 7.25. The Bertz CT molecular complexity index is 1240. The number of rotatable bonds is 1. The lowest BCUT2D eigenvalue weighted by Crippen LogP contribution is -2.44. The third kappa shape index (κ3) is 3.27. The molecular formula is C23H22ClF3N4O. The van der Waals surface area contributed by atoms with Crippen molar-refractivity contribution in [2.24, 2.45) is 5.92 Å². The van der Waals surface area contributed by atoms with Crippen LogP contribution in [0.25, 0.3) is 16.9 Å². The molecule has 2 aromatic heterocycles. The van der Waals surface area contributed by atoms with Gasteiger partial charge in [-0.3, -0.25) is 4.79 Å². The third-order valence-corrected chi connectivity index (χ3v) is 6.94. The van der Waals surface area contributed by atoms with Crippen LogP contribution in [0.4, 0.5) is 13.2 Å². The van der Waals surface area contributed by atoms with E-state index < -0.39 is 17.8 Å². The summed E-state index contributed by atoms with van der Waals surface area (Å²) in [6.45, 7) is 4.58. The van der Waals surface area contributed by atoms with Crippen LogP contribution in [0.5, 0.6) is 0 Å². The van der Waals surface area contributed by atoms with Gasteiger partial charge in [-0.2, -0.15) is 18.3 Å². The highest BCUT2D eigenvalue weighted by Crippen LogP contribution is 2.42. The largest absolute Gasteiger partial charge is 0.433 e. The molecule has 1 amide bonds. The molecule has 0 bridgehead atoms. The second-order valence-electron chi connectivity index (χ2n) is 8.82. The topological polar surface area (TPSA) is 50.5 Å². The normalized spacial score (nSPS) is 20.9. The second kappa shape index (κ2) is 7.47. The molecule has 1 aliphatic heterocycles. The van der Waals surface area contributed by atoms with Gasteiger partial charge in [0.25, 0.3) is 5.91 Å². The van der Waals surface area contributed by atoms with Crippen molar-refractivity contribution in [1.29, 1.82) is 0 Å². The molecule has 0 N–H and O–H groups in total. The minimum Gasteiger partial charge on any atom is -0.334 e. The SMILES string of the molecule is C[C@@H]1CCN(C(=O)c2nn3c(C(F)(F)F)c4c(nc3c2Cl)-c2ccccc2CC4)[C@@H](C)C1. The molecule has 1 aliphatic carbocycles. The van der Waals surface area contributed by atoms with Gasteiger partial charge in [-0.15, -0.1) is 0 Å². The first-order chi connectivity index (χ1) is 15.2. The third-order valence-electron chi connectivity index (χ3n) is 6.59. The van der Waals surface area contributed by atoms with Crippen LogP contribution in [0.1, 0.15) is 54.0 Å². The number of carbonyl (C=O) groups excluding carboxylic acids is 1. The fraction of sp³-hybridized carbons (Fsp3) is 0.435. The van der Waals surface area contributed by atoms with Crippen molar-refractivity contribution in [1.82, 2.24) is 19.5 Å². The van der Waals surface area contributed by atoms with Crippen LogP contribution in [-0.2, 0) is 19.0 Å². The Hall–Kier alpha value is -2.61. The molecule has 5 nitrogen and oxygen atoms in total. The maximum atomic E-state index is 14.3. The van der Waals surface area contributed by atoms with Crippen LogP contribution >= 0.6 is 11.6 Å².